The van der Waals surface area contributed by atoms with Crippen LogP contribution in [0.25, 0.3) is 0 Å². The number of hydrogen-bond donors (Lipinski definition) is 1. The Morgan fingerprint density at radius 3 is 2.21 bits per heavy atom. The van der Waals surface area contributed by atoms with E-state index in [2.05, 4.69) is 6.92 Å². The molecule has 1 heterocycles. The van der Waals surface area contributed by atoms with Gasteiger partial charge in [0.1, 0.15) is 6.04 Å². The predicted molar refractivity (Wildman–Crippen MR) is 102 cm³/mol. The van der Waals surface area contributed by atoms with Crippen LogP contribution in [0.1, 0.15) is 84.0 Å². The van der Waals surface area contributed by atoms with Gasteiger partial charge in [-0.1, -0.05) is 64.7 Å². The van der Waals surface area contributed by atoms with Crippen molar-refractivity contribution in [1.82, 2.24) is 4.90 Å². The SMILES string of the molecule is CCCCCCCCCCCCSCCN1C(=O)CCC1C(=O)O. The summed E-state index contributed by atoms with van der Waals surface area (Å²) in [6.45, 7) is 2.84. The Labute approximate surface area is 151 Å². The van der Waals surface area contributed by atoms with E-state index >= 15 is 0 Å². The molecule has 0 aromatic heterocycles. The van der Waals surface area contributed by atoms with Crippen molar-refractivity contribution in [3.8, 4) is 0 Å². The van der Waals surface area contributed by atoms with Crippen molar-refractivity contribution in [3.05, 3.63) is 0 Å². The summed E-state index contributed by atoms with van der Waals surface area (Å²) < 4.78 is 0. The highest BCUT2D eigenvalue weighted by Gasteiger charge is 2.35. The van der Waals surface area contributed by atoms with Crippen LogP contribution in [0.5, 0.6) is 0 Å². The lowest BCUT2D eigenvalue weighted by atomic mass is 10.1. The van der Waals surface area contributed by atoms with E-state index in [4.69, 9.17) is 5.11 Å². The molecule has 1 saturated heterocycles. The number of thioether (sulfide) groups is 1. The largest absolute Gasteiger partial charge is 0.480 e. The fourth-order valence-corrected chi connectivity index (χ4v) is 4.17. The van der Waals surface area contributed by atoms with E-state index in [0.29, 0.717) is 19.4 Å². The maximum Gasteiger partial charge on any atom is 0.326 e. The molecule has 1 atom stereocenters. The number of rotatable bonds is 15. The molecular weight excluding hydrogens is 322 g/mol. The third kappa shape index (κ3) is 8.95. The second-order valence-corrected chi connectivity index (χ2v) is 8.00. The molecule has 5 heteroatoms. The van der Waals surface area contributed by atoms with Gasteiger partial charge in [-0.25, -0.2) is 4.79 Å². The van der Waals surface area contributed by atoms with E-state index < -0.39 is 12.0 Å². The molecule has 0 aromatic rings. The molecule has 0 aliphatic carbocycles. The first-order chi connectivity index (χ1) is 11.7. The highest BCUT2D eigenvalue weighted by molar-refractivity contribution is 7.99. The summed E-state index contributed by atoms with van der Waals surface area (Å²) in [5, 5.41) is 9.10. The van der Waals surface area contributed by atoms with Gasteiger partial charge in [0.05, 0.1) is 0 Å². The Hall–Kier alpha value is -0.710. The summed E-state index contributed by atoms with van der Waals surface area (Å²) in [7, 11) is 0. The van der Waals surface area contributed by atoms with Gasteiger partial charge in [-0.3, -0.25) is 4.79 Å². The summed E-state index contributed by atoms with van der Waals surface area (Å²) in [6, 6.07) is -0.588. The first-order valence-electron chi connectivity index (χ1n) is 9.76. The zero-order valence-electron chi connectivity index (χ0n) is 15.3. The van der Waals surface area contributed by atoms with Gasteiger partial charge >= 0.3 is 5.97 Å². The number of nitrogens with zero attached hydrogens (tertiary/aromatic N) is 1. The van der Waals surface area contributed by atoms with Crippen LogP contribution >= 0.6 is 11.8 Å². The van der Waals surface area contributed by atoms with E-state index in [0.717, 1.165) is 11.5 Å². The van der Waals surface area contributed by atoms with Crippen molar-refractivity contribution in [2.75, 3.05) is 18.1 Å². The minimum atomic E-state index is -0.861. The maximum absolute atomic E-state index is 11.7. The molecule has 0 aromatic carbocycles. The Morgan fingerprint density at radius 2 is 1.62 bits per heavy atom. The lowest BCUT2D eigenvalue weighted by Crippen LogP contribution is -2.39. The van der Waals surface area contributed by atoms with Crippen LogP contribution in [0.3, 0.4) is 0 Å². The summed E-state index contributed by atoms with van der Waals surface area (Å²) in [5.74, 6) is 1.12. The van der Waals surface area contributed by atoms with Crippen molar-refractivity contribution < 1.29 is 14.7 Å². The second kappa shape index (κ2) is 13.6. The zero-order chi connectivity index (χ0) is 17.6. The van der Waals surface area contributed by atoms with E-state index in [1.807, 2.05) is 11.8 Å². The molecule has 1 amide bonds. The fraction of sp³-hybridized carbons (Fsp3) is 0.895. The molecular formula is C19H35NO3S. The van der Waals surface area contributed by atoms with Crippen molar-refractivity contribution in [1.29, 1.82) is 0 Å². The number of carbonyl (C=O) groups excluding carboxylic acids is 1. The van der Waals surface area contributed by atoms with Crippen molar-refractivity contribution in [3.63, 3.8) is 0 Å². The second-order valence-electron chi connectivity index (χ2n) is 6.77. The third-order valence-corrected chi connectivity index (χ3v) is 5.78. The number of aliphatic carboxylic acids is 1. The number of likely N-dealkylation sites (tertiary alicyclic amines) is 1. The van der Waals surface area contributed by atoms with Gasteiger partial charge in [0.25, 0.3) is 0 Å². The topological polar surface area (TPSA) is 57.6 Å². The van der Waals surface area contributed by atoms with Crippen LogP contribution in [-0.4, -0.2) is 46.0 Å². The van der Waals surface area contributed by atoms with Gasteiger partial charge in [-0.05, 0) is 18.6 Å². The summed E-state index contributed by atoms with van der Waals surface area (Å²) in [6.07, 6.45) is 14.4. The molecule has 0 bridgehead atoms. The van der Waals surface area contributed by atoms with Crippen LogP contribution in [0, 0.1) is 0 Å². The van der Waals surface area contributed by atoms with Crippen molar-refractivity contribution in [2.45, 2.75) is 90.0 Å². The van der Waals surface area contributed by atoms with Crippen molar-refractivity contribution >= 4 is 23.6 Å². The minimum absolute atomic E-state index is 0.00179. The van der Waals surface area contributed by atoms with E-state index in [1.165, 1.54) is 64.2 Å². The van der Waals surface area contributed by atoms with Crippen LogP contribution in [-0.2, 0) is 9.59 Å². The van der Waals surface area contributed by atoms with E-state index in [-0.39, 0.29) is 5.91 Å². The molecule has 1 aliphatic heterocycles. The van der Waals surface area contributed by atoms with Gasteiger partial charge in [-0.15, -0.1) is 0 Å². The average molecular weight is 358 g/mol. The zero-order valence-corrected chi connectivity index (χ0v) is 16.1. The lowest BCUT2D eigenvalue weighted by Gasteiger charge is -2.21. The Bertz CT molecular complexity index is 363. The highest BCUT2D eigenvalue weighted by Crippen LogP contribution is 2.20. The molecule has 1 unspecified atom stereocenters. The summed E-state index contributed by atoms with van der Waals surface area (Å²) in [4.78, 5) is 24.3. The van der Waals surface area contributed by atoms with Crippen LogP contribution in [0.15, 0.2) is 0 Å². The number of carboxylic acid groups (broad SMARTS) is 1. The normalized spacial score (nSPS) is 17.6. The van der Waals surface area contributed by atoms with Crippen LogP contribution in [0.4, 0.5) is 0 Å². The van der Waals surface area contributed by atoms with Crippen molar-refractivity contribution in [2.24, 2.45) is 0 Å². The molecule has 1 aliphatic rings. The Balaban J connectivity index is 1.88. The maximum atomic E-state index is 11.7. The molecule has 1 N–H and O–H groups in total. The summed E-state index contributed by atoms with van der Waals surface area (Å²) in [5.41, 5.74) is 0. The average Bonchev–Trinajstić information content (AvgIpc) is 2.93. The van der Waals surface area contributed by atoms with Gasteiger partial charge in [-0.2, -0.15) is 11.8 Å². The fourth-order valence-electron chi connectivity index (χ4n) is 3.23. The first kappa shape index (κ1) is 21.3. The van der Waals surface area contributed by atoms with Crippen LogP contribution < -0.4 is 0 Å². The van der Waals surface area contributed by atoms with E-state index in [1.54, 1.807) is 4.90 Å². The standard InChI is InChI=1S/C19H35NO3S/c1-2-3-4-5-6-7-8-9-10-11-15-24-16-14-20-17(19(22)23)12-13-18(20)21/h17H,2-16H2,1H3,(H,22,23). The number of unbranched alkanes of at least 4 members (excludes halogenated alkanes) is 9. The minimum Gasteiger partial charge on any atom is -0.480 e. The number of carboxylic acids is 1. The first-order valence-corrected chi connectivity index (χ1v) is 10.9. The van der Waals surface area contributed by atoms with Crippen LogP contribution in [0.2, 0.25) is 0 Å². The highest BCUT2D eigenvalue weighted by atomic mass is 32.2. The molecule has 0 spiro atoms. The smallest absolute Gasteiger partial charge is 0.326 e. The monoisotopic (exact) mass is 357 g/mol. The molecule has 24 heavy (non-hydrogen) atoms. The predicted octanol–water partition coefficient (Wildman–Crippen LogP) is 4.72. The lowest BCUT2D eigenvalue weighted by molar-refractivity contribution is -0.146. The van der Waals surface area contributed by atoms with Gasteiger partial charge in [0.2, 0.25) is 5.91 Å². The number of hydrogen-bond acceptors (Lipinski definition) is 3. The molecule has 140 valence electrons. The molecule has 1 fully saturated rings. The van der Waals surface area contributed by atoms with Gasteiger partial charge < -0.3 is 10.0 Å². The summed E-state index contributed by atoms with van der Waals surface area (Å²) >= 11 is 1.85. The molecule has 0 saturated carbocycles. The Kier molecular flexibility index (Phi) is 12.1. The van der Waals surface area contributed by atoms with Gasteiger partial charge in [0.15, 0.2) is 0 Å². The quantitative estimate of drug-likeness (QED) is 0.431. The van der Waals surface area contributed by atoms with E-state index in [9.17, 15) is 9.59 Å². The third-order valence-electron chi connectivity index (χ3n) is 4.73. The number of amides is 1. The van der Waals surface area contributed by atoms with Gasteiger partial charge in [0, 0.05) is 18.7 Å². The molecule has 1 rings (SSSR count). The number of carbonyl (C=O) groups is 2. The molecule has 4 nitrogen and oxygen atoms in total. The Morgan fingerprint density at radius 1 is 1.04 bits per heavy atom. The molecule has 0 radical (unpaired) electrons.